The predicted octanol–water partition coefficient (Wildman–Crippen LogP) is 2.73. The van der Waals surface area contributed by atoms with Crippen molar-refractivity contribution in [2.45, 2.75) is 31.8 Å². The Morgan fingerprint density at radius 3 is 2.87 bits per heavy atom. The van der Waals surface area contributed by atoms with E-state index in [1.807, 2.05) is 17.0 Å². The van der Waals surface area contributed by atoms with E-state index in [0.717, 1.165) is 25.1 Å². The van der Waals surface area contributed by atoms with Crippen molar-refractivity contribution in [1.82, 2.24) is 15.1 Å². The van der Waals surface area contributed by atoms with Crippen LogP contribution in [0.2, 0.25) is 5.02 Å². The minimum absolute atomic E-state index is 0.00343. The molecule has 1 N–H and O–H groups in total. The molecule has 1 atom stereocenters. The van der Waals surface area contributed by atoms with Crippen molar-refractivity contribution in [3.05, 3.63) is 28.8 Å². The Morgan fingerprint density at radius 2 is 2.13 bits per heavy atom. The molecule has 126 valence electrons. The summed E-state index contributed by atoms with van der Waals surface area (Å²) in [6, 6.07) is 6.00. The molecule has 3 rings (SSSR count). The van der Waals surface area contributed by atoms with Crippen LogP contribution in [0.3, 0.4) is 0 Å². The van der Waals surface area contributed by atoms with Gasteiger partial charge in [0, 0.05) is 36.3 Å². The number of halogens is 1. The van der Waals surface area contributed by atoms with Gasteiger partial charge in [-0.05, 0) is 44.5 Å². The number of benzene rings is 1. The van der Waals surface area contributed by atoms with E-state index in [1.54, 1.807) is 13.2 Å². The number of methoxy groups -OCH3 is 1. The quantitative estimate of drug-likeness (QED) is 0.918. The summed E-state index contributed by atoms with van der Waals surface area (Å²) in [5, 5.41) is 3.62. The van der Waals surface area contributed by atoms with Crippen LogP contribution in [0.25, 0.3) is 0 Å². The number of amides is 2. The molecule has 1 aromatic rings. The van der Waals surface area contributed by atoms with Crippen molar-refractivity contribution in [2.24, 2.45) is 0 Å². The van der Waals surface area contributed by atoms with Gasteiger partial charge in [-0.25, -0.2) is 4.79 Å². The van der Waals surface area contributed by atoms with Crippen molar-refractivity contribution >= 4 is 17.6 Å². The number of hydrogen-bond donors (Lipinski definition) is 1. The van der Waals surface area contributed by atoms with Gasteiger partial charge in [-0.3, -0.25) is 4.90 Å². The maximum atomic E-state index is 12.4. The maximum absolute atomic E-state index is 12.4. The molecule has 2 aliphatic heterocycles. The van der Waals surface area contributed by atoms with Gasteiger partial charge < -0.3 is 15.0 Å². The number of urea groups is 1. The molecule has 2 fully saturated rings. The average molecular weight is 338 g/mol. The van der Waals surface area contributed by atoms with Crippen LogP contribution in [-0.4, -0.2) is 55.2 Å². The molecule has 6 heteroatoms. The molecule has 0 spiro atoms. The molecule has 2 heterocycles. The molecule has 0 bridgehead atoms. The molecule has 0 aliphatic carbocycles. The Kier molecular flexibility index (Phi) is 5.28. The smallest absolute Gasteiger partial charge is 0.317 e. The highest BCUT2D eigenvalue weighted by atomic mass is 35.5. The monoisotopic (exact) mass is 337 g/mol. The van der Waals surface area contributed by atoms with Crippen molar-refractivity contribution in [1.29, 1.82) is 0 Å². The molecule has 2 amide bonds. The van der Waals surface area contributed by atoms with Gasteiger partial charge in [0.1, 0.15) is 5.75 Å². The standard InChI is InChI=1S/C17H24ClN3O2/c1-23-16-10-14(18)5-4-13(16)11-19-17(22)21-9-6-15(12-21)20-7-2-3-8-20/h4-5,10,15H,2-3,6-9,11-12H2,1H3,(H,19,22)/t15-/m0/s1. The molecule has 23 heavy (non-hydrogen) atoms. The van der Waals surface area contributed by atoms with Gasteiger partial charge in [0.05, 0.1) is 7.11 Å². The summed E-state index contributed by atoms with van der Waals surface area (Å²) in [4.78, 5) is 16.8. The third-order valence-corrected chi connectivity index (χ3v) is 5.02. The van der Waals surface area contributed by atoms with Gasteiger partial charge in [0.25, 0.3) is 0 Å². The first-order valence-electron chi connectivity index (χ1n) is 8.26. The molecular formula is C17H24ClN3O2. The second-order valence-electron chi connectivity index (χ2n) is 6.25. The normalized spacial score (nSPS) is 21.7. The molecule has 5 nitrogen and oxygen atoms in total. The molecule has 0 unspecified atom stereocenters. The van der Waals surface area contributed by atoms with Crippen LogP contribution < -0.4 is 10.1 Å². The Labute approximate surface area is 142 Å². The third-order valence-electron chi connectivity index (χ3n) is 4.79. The second-order valence-corrected chi connectivity index (χ2v) is 6.68. The van der Waals surface area contributed by atoms with Gasteiger partial charge in [-0.2, -0.15) is 0 Å². The first-order chi connectivity index (χ1) is 11.2. The highest BCUT2D eigenvalue weighted by molar-refractivity contribution is 6.30. The lowest BCUT2D eigenvalue weighted by Gasteiger charge is -2.23. The number of carbonyl (C=O) groups excluding carboxylic acids is 1. The molecular weight excluding hydrogens is 314 g/mol. The number of hydrogen-bond acceptors (Lipinski definition) is 3. The molecule has 2 saturated heterocycles. The highest BCUT2D eigenvalue weighted by Crippen LogP contribution is 2.23. The third kappa shape index (κ3) is 3.90. The number of likely N-dealkylation sites (tertiary alicyclic amines) is 2. The van der Waals surface area contributed by atoms with E-state index in [4.69, 9.17) is 16.3 Å². The van der Waals surface area contributed by atoms with Gasteiger partial charge in [0.15, 0.2) is 0 Å². The molecule has 0 saturated carbocycles. The Balaban J connectivity index is 1.52. The first kappa shape index (κ1) is 16.4. The minimum atomic E-state index is 0.00343. The van der Waals surface area contributed by atoms with Gasteiger partial charge in [0.2, 0.25) is 0 Å². The van der Waals surface area contributed by atoms with E-state index in [0.29, 0.717) is 23.4 Å². The summed E-state index contributed by atoms with van der Waals surface area (Å²) in [6.07, 6.45) is 3.66. The Morgan fingerprint density at radius 1 is 1.35 bits per heavy atom. The number of ether oxygens (including phenoxy) is 1. The van der Waals surface area contributed by atoms with E-state index >= 15 is 0 Å². The summed E-state index contributed by atoms with van der Waals surface area (Å²) in [7, 11) is 1.61. The van der Waals surface area contributed by atoms with Crippen LogP contribution in [0, 0.1) is 0 Å². The summed E-state index contributed by atoms with van der Waals surface area (Å²) < 4.78 is 5.31. The van der Waals surface area contributed by atoms with Crippen molar-refractivity contribution in [3.8, 4) is 5.75 Å². The summed E-state index contributed by atoms with van der Waals surface area (Å²) in [5.41, 5.74) is 0.931. The van der Waals surface area contributed by atoms with Crippen LogP contribution >= 0.6 is 11.6 Å². The van der Waals surface area contributed by atoms with Crippen LogP contribution in [-0.2, 0) is 6.54 Å². The van der Waals surface area contributed by atoms with Crippen LogP contribution in [0.15, 0.2) is 18.2 Å². The SMILES string of the molecule is COc1cc(Cl)ccc1CNC(=O)N1CC[C@H](N2CCCC2)C1. The molecule has 2 aliphatic rings. The van der Waals surface area contributed by atoms with Gasteiger partial charge in [-0.1, -0.05) is 17.7 Å². The summed E-state index contributed by atoms with van der Waals surface area (Å²) in [6.45, 7) is 4.49. The highest BCUT2D eigenvalue weighted by Gasteiger charge is 2.31. The predicted molar refractivity (Wildman–Crippen MR) is 91.0 cm³/mol. The van der Waals surface area contributed by atoms with Gasteiger partial charge in [-0.15, -0.1) is 0 Å². The van der Waals surface area contributed by atoms with Crippen LogP contribution in [0.5, 0.6) is 5.75 Å². The number of nitrogens with zero attached hydrogens (tertiary/aromatic N) is 2. The van der Waals surface area contributed by atoms with E-state index in [1.165, 1.54) is 25.9 Å². The lowest BCUT2D eigenvalue weighted by atomic mass is 10.2. The average Bonchev–Trinajstić information content (AvgIpc) is 3.23. The van der Waals surface area contributed by atoms with E-state index in [9.17, 15) is 4.79 Å². The van der Waals surface area contributed by atoms with Crippen LogP contribution in [0.1, 0.15) is 24.8 Å². The fraction of sp³-hybridized carbons (Fsp3) is 0.588. The second kappa shape index (κ2) is 7.41. The minimum Gasteiger partial charge on any atom is -0.496 e. The van der Waals surface area contributed by atoms with Crippen LogP contribution in [0.4, 0.5) is 4.79 Å². The topological polar surface area (TPSA) is 44.8 Å². The lowest BCUT2D eigenvalue weighted by molar-refractivity contribution is 0.198. The Hall–Kier alpha value is -1.46. The van der Waals surface area contributed by atoms with E-state index < -0.39 is 0 Å². The van der Waals surface area contributed by atoms with E-state index in [2.05, 4.69) is 10.2 Å². The molecule has 0 radical (unpaired) electrons. The number of rotatable bonds is 4. The van der Waals surface area contributed by atoms with Crippen molar-refractivity contribution < 1.29 is 9.53 Å². The number of carbonyl (C=O) groups is 1. The molecule has 0 aromatic heterocycles. The zero-order chi connectivity index (χ0) is 16.2. The van der Waals surface area contributed by atoms with E-state index in [-0.39, 0.29) is 6.03 Å². The molecule has 1 aromatic carbocycles. The Bertz CT molecular complexity index is 561. The zero-order valence-corrected chi connectivity index (χ0v) is 14.3. The zero-order valence-electron chi connectivity index (χ0n) is 13.6. The van der Waals surface area contributed by atoms with Gasteiger partial charge >= 0.3 is 6.03 Å². The fourth-order valence-electron chi connectivity index (χ4n) is 3.48. The lowest BCUT2D eigenvalue weighted by Crippen LogP contribution is -2.41. The van der Waals surface area contributed by atoms with Crippen molar-refractivity contribution in [2.75, 3.05) is 33.3 Å². The van der Waals surface area contributed by atoms with Crippen molar-refractivity contribution in [3.63, 3.8) is 0 Å². The fourth-order valence-corrected chi connectivity index (χ4v) is 3.64. The summed E-state index contributed by atoms with van der Waals surface area (Å²) >= 11 is 5.96. The summed E-state index contributed by atoms with van der Waals surface area (Å²) in [5.74, 6) is 0.703. The largest absolute Gasteiger partial charge is 0.496 e. The first-order valence-corrected chi connectivity index (χ1v) is 8.64. The maximum Gasteiger partial charge on any atom is 0.317 e. The number of nitrogens with one attached hydrogen (secondary N) is 1.